The Hall–Kier alpha value is -3.32. The lowest BCUT2D eigenvalue weighted by atomic mass is 9.98. The number of aryl methyl sites for hydroxylation is 1. The quantitative estimate of drug-likeness (QED) is 0.494. The number of esters is 1. The topological polar surface area (TPSA) is 67.9 Å². The molecule has 35 heavy (non-hydrogen) atoms. The summed E-state index contributed by atoms with van der Waals surface area (Å²) in [6.45, 7) is 7.69. The minimum Gasteiger partial charge on any atom is -0.466 e. The second-order valence-corrected chi connectivity index (χ2v) is 9.52. The summed E-state index contributed by atoms with van der Waals surface area (Å²) in [6, 6.07) is 16.8. The van der Waals surface area contributed by atoms with Crippen molar-refractivity contribution >= 4 is 11.9 Å². The molecule has 2 aliphatic rings. The summed E-state index contributed by atoms with van der Waals surface area (Å²) < 4.78 is 13.5. The zero-order valence-electron chi connectivity index (χ0n) is 20.5. The fraction of sp³-hybridized carbons (Fsp3) is 0.429. The van der Waals surface area contributed by atoms with E-state index in [9.17, 15) is 9.59 Å². The molecule has 2 atom stereocenters. The fourth-order valence-electron chi connectivity index (χ4n) is 5.28. The van der Waals surface area contributed by atoms with Crippen LogP contribution in [0.1, 0.15) is 58.9 Å². The summed E-state index contributed by atoms with van der Waals surface area (Å²) in [6.07, 6.45) is 3.68. The molecule has 2 unspecified atom stereocenters. The Balaban J connectivity index is 1.31. The van der Waals surface area contributed by atoms with Crippen LogP contribution in [-0.2, 0) is 22.6 Å². The third-order valence-electron chi connectivity index (χ3n) is 7.09. The van der Waals surface area contributed by atoms with Crippen molar-refractivity contribution in [1.29, 1.82) is 0 Å². The Morgan fingerprint density at radius 3 is 2.69 bits per heavy atom. The SMILES string of the molecule is CCOC(=O)C1CCCN(C(=O)c2ccc(CN3CCn4cccc4C3c3ccc(C)cc3)o2)C1. The molecule has 1 fully saturated rings. The van der Waals surface area contributed by atoms with Gasteiger partial charge in [0.15, 0.2) is 5.76 Å². The Morgan fingerprint density at radius 1 is 1.06 bits per heavy atom. The van der Waals surface area contributed by atoms with Crippen molar-refractivity contribution < 1.29 is 18.7 Å². The Morgan fingerprint density at radius 2 is 1.89 bits per heavy atom. The largest absolute Gasteiger partial charge is 0.466 e. The van der Waals surface area contributed by atoms with Crippen molar-refractivity contribution in [3.8, 4) is 0 Å². The number of furan rings is 1. The zero-order chi connectivity index (χ0) is 24.4. The molecule has 7 nitrogen and oxygen atoms in total. The highest BCUT2D eigenvalue weighted by molar-refractivity contribution is 5.92. The van der Waals surface area contributed by atoms with Gasteiger partial charge in [0.25, 0.3) is 5.91 Å². The average Bonchev–Trinajstić information content (AvgIpc) is 3.54. The standard InChI is InChI=1S/C28H33N3O4/c1-3-34-28(33)22-6-4-15-31(18-22)27(32)25-13-12-23(35-25)19-30-17-16-29-14-5-7-24(29)26(30)21-10-8-20(2)9-11-21/h5,7-14,22,26H,3-4,6,15-19H2,1-2H3. The molecular weight excluding hydrogens is 442 g/mol. The zero-order valence-corrected chi connectivity index (χ0v) is 20.5. The molecule has 3 aromatic rings. The molecule has 0 spiro atoms. The van der Waals surface area contributed by atoms with Crippen molar-refractivity contribution in [3.05, 3.63) is 83.1 Å². The van der Waals surface area contributed by atoms with Crippen molar-refractivity contribution in [1.82, 2.24) is 14.4 Å². The van der Waals surface area contributed by atoms with Gasteiger partial charge in [-0.1, -0.05) is 29.8 Å². The van der Waals surface area contributed by atoms with Gasteiger partial charge in [0, 0.05) is 38.1 Å². The maximum atomic E-state index is 13.1. The second kappa shape index (κ2) is 10.1. The summed E-state index contributed by atoms with van der Waals surface area (Å²) in [7, 11) is 0. The monoisotopic (exact) mass is 475 g/mol. The van der Waals surface area contributed by atoms with E-state index in [4.69, 9.17) is 9.15 Å². The van der Waals surface area contributed by atoms with Gasteiger partial charge in [0.2, 0.25) is 0 Å². The molecule has 5 rings (SSSR count). The van der Waals surface area contributed by atoms with Crippen LogP contribution in [-0.4, -0.2) is 52.5 Å². The average molecular weight is 476 g/mol. The lowest BCUT2D eigenvalue weighted by Gasteiger charge is -2.37. The predicted molar refractivity (Wildman–Crippen MR) is 132 cm³/mol. The first-order valence-corrected chi connectivity index (χ1v) is 12.5. The van der Waals surface area contributed by atoms with Gasteiger partial charge in [0.1, 0.15) is 5.76 Å². The van der Waals surface area contributed by atoms with Crippen LogP contribution in [0.4, 0.5) is 0 Å². The highest BCUT2D eigenvalue weighted by Gasteiger charge is 2.32. The van der Waals surface area contributed by atoms with Gasteiger partial charge >= 0.3 is 5.97 Å². The van der Waals surface area contributed by atoms with E-state index in [1.54, 1.807) is 17.9 Å². The number of carbonyl (C=O) groups is 2. The minimum atomic E-state index is -0.262. The predicted octanol–water partition coefficient (Wildman–Crippen LogP) is 4.41. The number of likely N-dealkylation sites (tertiary alicyclic amines) is 1. The maximum absolute atomic E-state index is 13.1. The number of benzene rings is 1. The highest BCUT2D eigenvalue weighted by Crippen LogP contribution is 2.34. The van der Waals surface area contributed by atoms with Gasteiger partial charge in [-0.2, -0.15) is 0 Å². The van der Waals surface area contributed by atoms with E-state index in [1.807, 2.05) is 6.07 Å². The van der Waals surface area contributed by atoms with E-state index in [2.05, 4.69) is 59.0 Å². The van der Waals surface area contributed by atoms with Crippen LogP contribution in [0.5, 0.6) is 0 Å². The van der Waals surface area contributed by atoms with Crippen LogP contribution in [0.25, 0.3) is 0 Å². The first kappa shape index (κ1) is 23.4. The minimum absolute atomic E-state index is 0.121. The third-order valence-corrected chi connectivity index (χ3v) is 7.09. The Kier molecular flexibility index (Phi) is 6.77. The number of piperidine rings is 1. The first-order valence-electron chi connectivity index (χ1n) is 12.5. The number of fused-ring (bicyclic) bond motifs is 1. The van der Waals surface area contributed by atoms with Crippen LogP contribution < -0.4 is 0 Å². The van der Waals surface area contributed by atoms with Gasteiger partial charge in [-0.05, 0) is 56.5 Å². The lowest BCUT2D eigenvalue weighted by molar-refractivity contribution is -0.149. The number of ether oxygens (including phenoxy) is 1. The summed E-state index contributed by atoms with van der Waals surface area (Å²) in [5.74, 6) is 0.457. The number of rotatable bonds is 6. The van der Waals surface area contributed by atoms with Gasteiger partial charge in [-0.15, -0.1) is 0 Å². The molecule has 0 bridgehead atoms. The van der Waals surface area contributed by atoms with E-state index < -0.39 is 0 Å². The van der Waals surface area contributed by atoms with Crippen LogP contribution >= 0.6 is 0 Å². The number of hydrogen-bond donors (Lipinski definition) is 0. The van der Waals surface area contributed by atoms with E-state index >= 15 is 0 Å². The van der Waals surface area contributed by atoms with Crippen LogP contribution in [0.3, 0.4) is 0 Å². The molecule has 7 heteroatoms. The molecule has 0 aliphatic carbocycles. The number of aromatic nitrogens is 1. The molecule has 0 saturated carbocycles. The number of carbonyl (C=O) groups excluding carboxylic acids is 2. The molecule has 184 valence electrons. The molecule has 1 aromatic carbocycles. The third kappa shape index (κ3) is 4.91. The molecule has 0 N–H and O–H groups in total. The molecular formula is C28H33N3O4. The van der Waals surface area contributed by atoms with Crippen LogP contribution in [0.2, 0.25) is 0 Å². The van der Waals surface area contributed by atoms with E-state index in [0.29, 0.717) is 32.0 Å². The van der Waals surface area contributed by atoms with Crippen LogP contribution in [0.15, 0.2) is 59.1 Å². The van der Waals surface area contributed by atoms with Gasteiger partial charge < -0.3 is 18.6 Å². The van der Waals surface area contributed by atoms with Crippen LogP contribution in [0, 0.1) is 12.8 Å². The normalized spacial score (nSPS) is 20.5. The molecule has 1 saturated heterocycles. The summed E-state index contributed by atoms with van der Waals surface area (Å²) in [5.41, 5.74) is 3.75. The highest BCUT2D eigenvalue weighted by atomic mass is 16.5. The van der Waals surface area contributed by atoms with Gasteiger partial charge in [-0.25, -0.2) is 0 Å². The molecule has 2 aliphatic heterocycles. The second-order valence-electron chi connectivity index (χ2n) is 9.52. The van der Waals surface area contributed by atoms with Gasteiger partial charge in [0.05, 0.1) is 25.1 Å². The van der Waals surface area contributed by atoms with E-state index in [0.717, 1.165) is 31.7 Å². The van der Waals surface area contributed by atoms with Gasteiger partial charge in [-0.3, -0.25) is 14.5 Å². The molecule has 1 amide bonds. The Bertz CT molecular complexity index is 1180. The smallest absolute Gasteiger partial charge is 0.310 e. The summed E-state index contributed by atoms with van der Waals surface area (Å²) >= 11 is 0. The summed E-state index contributed by atoms with van der Waals surface area (Å²) in [5, 5.41) is 0. The first-order chi connectivity index (χ1) is 17.0. The lowest BCUT2D eigenvalue weighted by Crippen LogP contribution is -2.42. The Labute approximate surface area is 206 Å². The van der Waals surface area contributed by atoms with Crippen molar-refractivity contribution in [3.63, 3.8) is 0 Å². The summed E-state index contributed by atoms with van der Waals surface area (Å²) in [4.78, 5) is 29.4. The number of hydrogen-bond acceptors (Lipinski definition) is 5. The fourth-order valence-corrected chi connectivity index (χ4v) is 5.28. The molecule has 0 radical (unpaired) electrons. The van der Waals surface area contributed by atoms with Crippen molar-refractivity contribution in [2.45, 2.75) is 45.8 Å². The number of amides is 1. The van der Waals surface area contributed by atoms with Crippen molar-refractivity contribution in [2.24, 2.45) is 5.92 Å². The van der Waals surface area contributed by atoms with E-state index in [1.165, 1.54) is 16.8 Å². The van der Waals surface area contributed by atoms with Crippen molar-refractivity contribution in [2.75, 3.05) is 26.2 Å². The molecule has 4 heterocycles. The number of nitrogens with zero attached hydrogens (tertiary/aromatic N) is 3. The van der Waals surface area contributed by atoms with E-state index in [-0.39, 0.29) is 23.8 Å². The molecule has 2 aromatic heterocycles. The maximum Gasteiger partial charge on any atom is 0.310 e.